The Bertz CT molecular complexity index is 163. The smallest absolute Gasteiger partial charge is 0.0107 e. The first-order valence-corrected chi connectivity index (χ1v) is 6.85. The van der Waals surface area contributed by atoms with Gasteiger partial charge in [-0.2, -0.15) is 0 Å². The molecule has 0 bridgehead atoms. The molecule has 2 unspecified atom stereocenters. The van der Waals surface area contributed by atoms with Gasteiger partial charge in [0.1, 0.15) is 0 Å². The summed E-state index contributed by atoms with van der Waals surface area (Å²) in [5, 5.41) is 7.04. The minimum Gasteiger partial charge on any atom is -0.316 e. The van der Waals surface area contributed by atoms with Crippen molar-refractivity contribution in [3.05, 3.63) is 0 Å². The summed E-state index contributed by atoms with van der Waals surface area (Å²) in [4.78, 5) is 2.44. The molecule has 3 nitrogen and oxygen atoms in total. The molecular weight excluding hydrogens is 198 g/mol. The molecule has 2 atom stereocenters. The largest absolute Gasteiger partial charge is 0.316 e. The minimum atomic E-state index is 0.707. The number of rotatable bonds is 7. The third-order valence-electron chi connectivity index (χ3n) is 3.82. The Morgan fingerprint density at radius 1 is 1.50 bits per heavy atom. The van der Waals surface area contributed by atoms with Crippen LogP contribution in [0.15, 0.2) is 0 Å². The van der Waals surface area contributed by atoms with Gasteiger partial charge in [0.05, 0.1) is 0 Å². The van der Waals surface area contributed by atoms with Crippen molar-refractivity contribution in [3.63, 3.8) is 0 Å². The van der Waals surface area contributed by atoms with E-state index in [0.717, 1.165) is 19.0 Å². The second-order valence-electron chi connectivity index (χ2n) is 5.15. The molecule has 0 amide bonds. The molecule has 1 aliphatic rings. The first kappa shape index (κ1) is 13.9. The quantitative estimate of drug-likeness (QED) is 0.642. The second-order valence-corrected chi connectivity index (χ2v) is 5.15. The molecule has 0 aromatic heterocycles. The Balaban J connectivity index is 1.98. The average molecular weight is 227 g/mol. The zero-order chi connectivity index (χ0) is 11.8. The number of nitrogens with zero attached hydrogens (tertiary/aromatic N) is 1. The Kier molecular flexibility index (Phi) is 7.01. The molecule has 1 rings (SSSR count). The van der Waals surface area contributed by atoms with E-state index in [0.29, 0.717) is 6.04 Å². The molecule has 3 heteroatoms. The van der Waals surface area contributed by atoms with Crippen LogP contribution in [0.5, 0.6) is 0 Å². The van der Waals surface area contributed by atoms with E-state index >= 15 is 0 Å². The van der Waals surface area contributed by atoms with Crippen molar-refractivity contribution < 1.29 is 0 Å². The van der Waals surface area contributed by atoms with E-state index in [2.05, 4.69) is 36.4 Å². The highest BCUT2D eigenvalue weighted by molar-refractivity contribution is 4.71. The molecule has 0 aromatic rings. The topological polar surface area (TPSA) is 27.3 Å². The maximum Gasteiger partial charge on any atom is 0.0107 e. The van der Waals surface area contributed by atoms with Crippen LogP contribution in [0.2, 0.25) is 0 Å². The average Bonchev–Trinajstić information content (AvgIpc) is 2.34. The molecule has 1 fully saturated rings. The van der Waals surface area contributed by atoms with Crippen molar-refractivity contribution in [1.29, 1.82) is 0 Å². The van der Waals surface area contributed by atoms with Gasteiger partial charge in [-0.15, -0.1) is 0 Å². The zero-order valence-corrected chi connectivity index (χ0v) is 11.3. The van der Waals surface area contributed by atoms with Crippen LogP contribution in [0.1, 0.15) is 33.1 Å². The van der Waals surface area contributed by atoms with Gasteiger partial charge in [0.2, 0.25) is 0 Å². The molecule has 16 heavy (non-hydrogen) atoms. The molecular formula is C13H29N3. The molecule has 0 saturated carbocycles. The number of hydrogen-bond donors (Lipinski definition) is 2. The van der Waals surface area contributed by atoms with Crippen molar-refractivity contribution in [1.82, 2.24) is 15.5 Å². The van der Waals surface area contributed by atoms with Crippen molar-refractivity contribution in [2.24, 2.45) is 5.92 Å². The standard InChI is InChI=1S/C13H29N3/c1-4-12(2)16(3)9-8-15-11-13-6-5-7-14-10-13/h12-15H,4-11H2,1-3H3. The van der Waals surface area contributed by atoms with E-state index in [1.165, 1.54) is 38.9 Å². The van der Waals surface area contributed by atoms with Crippen LogP contribution < -0.4 is 10.6 Å². The molecule has 2 N–H and O–H groups in total. The minimum absolute atomic E-state index is 0.707. The lowest BCUT2D eigenvalue weighted by atomic mass is 10.00. The lowest BCUT2D eigenvalue weighted by Gasteiger charge is -2.25. The normalized spacial score (nSPS) is 23.6. The summed E-state index contributed by atoms with van der Waals surface area (Å²) in [6, 6.07) is 0.707. The first-order chi connectivity index (χ1) is 7.74. The van der Waals surface area contributed by atoms with Crippen molar-refractivity contribution >= 4 is 0 Å². The summed E-state index contributed by atoms with van der Waals surface area (Å²) < 4.78 is 0. The van der Waals surface area contributed by atoms with Crippen molar-refractivity contribution in [2.75, 3.05) is 39.8 Å². The number of likely N-dealkylation sites (N-methyl/N-ethyl adjacent to an activating group) is 1. The predicted molar refractivity (Wildman–Crippen MR) is 70.8 cm³/mol. The number of hydrogen-bond acceptors (Lipinski definition) is 3. The van der Waals surface area contributed by atoms with Gasteiger partial charge in [0.15, 0.2) is 0 Å². The Hall–Kier alpha value is -0.120. The number of piperidine rings is 1. The highest BCUT2D eigenvalue weighted by Gasteiger charge is 2.12. The summed E-state index contributed by atoms with van der Waals surface area (Å²) in [7, 11) is 2.22. The lowest BCUT2D eigenvalue weighted by Crippen LogP contribution is -2.39. The van der Waals surface area contributed by atoms with E-state index in [-0.39, 0.29) is 0 Å². The van der Waals surface area contributed by atoms with Gasteiger partial charge >= 0.3 is 0 Å². The Morgan fingerprint density at radius 3 is 2.94 bits per heavy atom. The SMILES string of the molecule is CCC(C)N(C)CCNCC1CCCNC1. The van der Waals surface area contributed by atoms with Gasteiger partial charge in [0.25, 0.3) is 0 Å². The lowest BCUT2D eigenvalue weighted by molar-refractivity contribution is 0.248. The fourth-order valence-corrected chi connectivity index (χ4v) is 2.19. The van der Waals surface area contributed by atoms with Gasteiger partial charge in [-0.1, -0.05) is 6.92 Å². The maximum absolute atomic E-state index is 3.58. The van der Waals surface area contributed by atoms with Crippen LogP contribution in [-0.4, -0.2) is 50.7 Å². The Morgan fingerprint density at radius 2 is 2.31 bits per heavy atom. The maximum atomic E-state index is 3.58. The molecule has 0 spiro atoms. The molecule has 1 heterocycles. The zero-order valence-electron chi connectivity index (χ0n) is 11.3. The van der Waals surface area contributed by atoms with E-state index in [1.807, 2.05) is 0 Å². The highest BCUT2D eigenvalue weighted by Crippen LogP contribution is 2.07. The third kappa shape index (κ3) is 5.28. The van der Waals surface area contributed by atoms with Crippen LogP contribution in [0, 0.1) is 5.92 Å². The van der Waals surface area contributed by atoms with Gasteiger partial charge in [-0.25, -0.2) is 0 Å². The fraction of sp³-hybridized carbons (Fsp3) is 1.00. The highest BCUT2D eigenvalue weighted by atomic mass is 15.1. The molecule has 96 valence electrons. The van der Waals surface area contributed by atoms with Crippen LogP contribution in [0.25, 0.3) is 0 Å². The fourth-order valence-electron chi connectivity index (χ4n) is 2.19. The summed E-state index contributed by atoms with van der Waals surface area (Å²) in [5.74, 6) is 0.850. The van der Waals surface area contributed by atoms with E-state index in [9.17, 15) is 0 Å². The van der Waals surface area contributed by atoms with Crippen LogP contribution in [0.4, 0.5) is 0 Å². The second kappa shape index (κ2) is 8.04. The molecule has 1 saturated heterocycles. The van der Waals surface area contributed by atoms with Gasteiger partial charge in [-0.05, 0) is 58.8 Å². The summed E-state index contributed by atoms with van der Waals surface area (Å²) in [6.07, 6.45) is 3.98. The van der Waals surface area contributed by atoms with Crippen molar-refractivity contribution in [3.8, 4) is 0 Å². The van der Waals surface area contributed by atoms with Gasteiger partial charge in [0, 0.05) is 19.1 Å². The van der Waals surface area contributed by atoms with Crippen LogP contribution in [0.3, 0.4) is 0 Å². The summed E-state index contributed by atoms with van der Waals surface area (Å²) >= 11 is 0. The summed E-state index contributed by atoms with van der Waals surface area (Å²) in [6.45, 7) is 10.4. The van der Waals surface area contributed by atoms with Crippen LogP contribution >= 0.6 is 0 Å². The molecule has 0 aromatic carbocycles. The van der Waals surface area contributed by atoms with Gasteiger partial charge < -0.3 is 15.5 Å². The first-order valence-electron chi connectivity index (χ1n) is 6.85. The van der Waals surface area contributed by atoms with E-state index in [4.69, 9.17) is 0 Å². The van der Waals surface area contributed by atoms with E-state index in [1.54, 1.807) is 0 Å². The molecule has 0 radical (unpaired) electrons. The van der Waals surface area contributed by atoms with Gasteiger partial charge in [-0.3, -0.25) is 0 Å². The van der Waals surface area contributed by atoms with Crippen molar-refractivity contribution in [2.45, 2.75) is 39.2 Å². The predicted octanol–water partition coefficient (Wildman–Crippen LogP) is 1.31. The Labute approximate surface area is 101 Å². The third-order valence-corrected chi connectivity index (χ3v) is 3.82. The number of nitrogens with one attached hydrogen (secondary N) is 2. The molecule has 0 aliphatic carbocycles. The molecule has 1 aliphatic heterocycles. The monoisotopic (exact) mass is 227 g/mol. The van der Waals surface area contributed by atoms with E-state index < -0.39 is 0 Å². The summed E-state index contributed by atoms with van der Waals surface area (Å²) in [5.41, 5.74) is 0. The van der Waals surface area contributed by atoms with Crippen LogP contribution in [-0.2, 0) is 0 Å².